The van der Waals surface area contributed by atoms with Gasteiger partial charge in [-0.1, -0.05) is 44.0 Å². The number of pyridine rings is 1. The number of amides is 1. The van der Waals surface area contributed by atoms with Crippen LogP contribution in [0.5, 0.6) is 0 Å². The molecule has 5 heteroatoms. The minimum Gasteiger partial charge on any atom is -0.337 e. The zero-order chi connectivity index (χ0) is 14.9. The molecule has 0 aromatic carbocycles. The number of carbonyl (C=O) groups excluding carboxylic acids is 1. The molecule has 1 fully saturated rings. The van der Waals surface area contributed by atoms with Crippen molar-refractivity contribution < 1.29 is 4.79 Å². The van der Waals surface area contributed by atoms with Gasteiger partial charge in [-0.2, -0.15) is 0 Å². The van der Waals surface area contributed by atoms with E-state index in [1.165, 1.54) is 0 Å². The van der Waals surface area contributed by atoms with E-state index in [2.05, 4.69) is 25.8 Å². The summed E-state index contributed by atoms with van der Waals surface area (Å²) in [6.07, 6.45) is 2.04. The number of aromatic nitrogens is 1. The summed E-state index contributed by atoms with van der Waals surface area (Å²) in [6.45, 7) is 8.27. The monoisotopic (exact) mass is 314 g/mol. The lowest BCUT2D eigenvalue weighted by Crippen LogP contribution is -2.41. The predicted molar refractivity (Wildman–Crippen MR) is 82.3 cm³/mol. The highest BCUT2D eigenvalue weighted by atomic mass is 35.5. The molecule has 0 atom stereocenters. The molecular formula is C15H20Cl2N2O. The van der Waals surface area contributed by atoms with Gasteiger partial charge in [0.1, 0.15) is 10.8 Å². The molecule has 0 bridgehead atoms. The van der Waals surface area contributed by atoms with Crippen LogP contribution >= 0.6 is 23.2 Å². The second-order valence-corrected chi connectivity index (χ2v) is 7.19. The Labute approximate surface area is 130 Å². The first kappa shape index (κ1) is 15.6. The number of hydrogen-bond donors (Lipinski definition) is 0. The Morgan fingerprint density at radius 1 is 1.25 bits per heavy atom. The van der Waals surface area contributed by atoms with Crippen molar-refractivity contribution in [3.05, 3.63) is 28.0 Å². The van der Waals surface area contributed by atoms with E-state index in [0.717, 1.165) is 25.9 Å². The number of piperidine rings is 1. The van der Waals surface area contributed by atoms with Gasteiger partial charge < -0.3 is 4.90 Å². The SMILES string of the molecule is CC(C)(C)C1CCN(C(=O)c2nc(Cl)ccc2Cl)CC1. The fraction of sp³-hybridized carbons (Fsp3) is 0.600. The lowest BCUT2D eigenvalue weighted by molar-refractivity contribution is 0.0603. The Balaban J connectivity index is 2.07. The summed E-state index contributed by atoms with van der Waals surface area (Å²) in [7, 11) is 0. The van der Waals surface area contributed by atoms with Gasteiger partial charge in [0, 0.05) is 13.1 Å². The Hall–Kier alpha value is -0.800. The van der Waals surface area contributed by atoms with Crippen molar-refractivity contribution in [3.63, 3.8) is 0 Å². The summed E-state index contributed by atoms with van der Waals surface area (Å²) < 4.78 is 0. The van der Waals surface area contributed by atoms with Crippen LogP contribution in [0.3, 0.4) is 0 Å². The summed E-state index contributed by atoms with van der Waals surface area (Å²) in [5.41, 5.74) is 0.551. The van der Waals surface area contributed by atoms with Crippen molar-refractivity contribution in [3.8, 4) is 0 Å². The van der Waals surface area contributed by atoms with Crippen molar-refractivity contribution in [2.24, 2.45) is 11.3 Å². The largest absolute Gasteiger partial charge is 0.337 e. The number of carbonyl (C=O) groups is 1. The maximum atomic E-state index is 12.4. The summed E-state index contributed by atoms with van der Waals surface area (Å²) >= 11 is 11.9. The van der Waals surface area contributed by atoms with Gasteiger partial charge in [-0.25, -0.2) is 4.98 Å². The van der Waals surface area contributed by atoms with E-state index in [-0.39, 0.29) is 11.6 Å². The molecule has 0 radical (unpaired) electrons. The lowest BCUT2D eigenvalue weighted by atomic mass is 9.75. The summed E-state index contributed by atoms with van der Waals surface area (Å²) in [6, 6.07) is 3.21. The zero-order valence-corrected chi connectivity index (χ0v) is 13.6. The van der Waals surface area contributed by atoms with Gasteiger partial charge >= 0.3 is 0 Å². The average molecular weight is 315 g/mol. The molecule has 0 N–H and O–H groups in total. The summed E-state index contributed by atoms with van der Waals surface area (Å²) in [5.74, 6) is 0.527. The summed E-state index contributed by atoms with van der Waals surface area (Å²) in [5, 5.41) is 0.652. The smallest absolute Gasteiger partial charge is 0.274 e. The molecule has 1 aliphatic heterocycles. The Morgan fingerprint density at radius 2 is 1.85 bits per heavy atom. The highest BCUT2D eigenvalue weighted by Gasteiger charge is 2.31. The molecule has 1 aliphatic rings. The van der Waals surface area contributed by atoms with Gasteiger partial charge in [0.15, 0.2) is 0 Å². The van der Waals surface area contributed by atoms with Crippen molar-refractivity contribution >= 4 is 29.1 Å². The highest BCUT2D eigenvalue weighted by molar-refractivity contribution is 6.34. The number of halogens is 2. The van der Waals surface area contributed by atoms with E-state index in [0.29, 0.717) is 21.5 Å². The Kier molecular flexibility index (Phi) is 4.60. The number of nitrogens with zero attached hydrogens (tertiary/aromatic N) is 2. The fourth-order valence-corrected chi connectivity index (χ4v) is 3.00. The van der Waals surface area contributed by atoms with E-state index in [1.807, 2.05) is 4.90 Å². The first-order valence-electron chi connectivity index (χ1n) is 6.90. The highest BCUT2D eigenvalue weighted by Crippen LogP contribution is 2.34. The van der Waals surface area contributed by atoms with Crippen LogP contribution in [0.2, 0.25) is 10.2 Å². The molecule has 0 spiro atoms. The van der Waals surface area contributed by atoms with Crippen LogP contribution in [0.1, 0.15) is 44.1 Å². The maximum absolute atomic E-state index is 12.4. The molecule has 1 amide bonds. The van der Waals surface area contributed by atoms with Gasteiger partial charge in [0.2, 0.25) is 0 Å². The Bertz CT molecular complexity index is 503. The molecular weight excluding hydrogens is 295 g/mol. The van der Waals surface area contributed by atoms with E-state index in [4.69, 9.17) is 23.2 Å². The third kappa shape index (κ3) is 3.44. The number of rotatable bonds is 1. The standard InChI is InChI=1S/C15H20Cl2N2O/c1-15(2,3)10-6-8-19(9-7-10)14(20)13-11(16)4-5-12(17)18-13/h4-5,10H,6-9H2,1-3H3. The van der Waals surface area contributed by atoms with Crippen LogP contribution in [0.4, 0.5) is 0 Å². The van der Waals surface area contributed by atoms with E-state index in [9.17, 15) is 4.79 Å². The number of hydrogen-bond acceptors (Lipinski definition) is 2. The fourth-order valence-electron chi connectivity index (χ4n) is 2.67. The van der Waals surface area contributed by atoms with Gasteiger partial charge in [0.25, 0.3) is 5.91 Å². The molecule has 1 saturated heterocycles. The topological polar surface area (TPSA) is 33.2 Å². The quantitative estimate of drug-likeness (QED) is 0.725. The van der Waals surface area contributed by atoms with E-state index < -0.39 is 0 Å². The van der Waals surface area contributed by atoms with Crippen LogP contribution in [-0.2, 0) is 0 Å². The van der Waals surface area contributed by atoms with Crippen LogP contribution in [-0.4, -0.2) is 28.9 Å². The van der Waals surface area contributed by atoms with Gasteiger partial charge in [-0.05, 0) is 36.3 Å². The lowest BCUT2D eigenvalue weighted by Gasteiger charge is -2.38. The average Bonchev–Trinajstić information content (AvgIpc) is 2.40. The molecule has 3 nitrogen and oxygen atoms in total. The molecule has 20 heavy (non-hydrogen) atoms. The number of likely N-dealkylation sites (tertiary alicyclic amines) is 1. The molecule has 1 aromatic heterocycles. The van der Waals surface area contributed by atoms with Gasteiger partial charge in [-0.15, -0.1) is 0 Å². The van der Waals surface area contributed by atoms with Crippen molar-refractivity contribution in [2.45, 2.75) is 33.6 Å². The first-order chi connectivity index (χ1) is 9.29. The molecule has 0 aliphatic carbocycles. The molecule has 110 valence electrons. The Morgan fingerprint density at radius 3 is 2.40 bits per heavy atom. The summed E-state index contributed by atoms with van der Waals surface area (Å²) in [4.78, 5) is 18.3. The molecule has 2 heterocycles. The molecule has 0 unspecified atom stereocenters. The van der Waals surface area contributed by atoms with Gasteiger partial charge in [-0.3, -0.25) is 4.79 Å². The van der Waals surface area contributed by atoms with Crippen molar-refractivity contribution in [2.75, 3.05) is 13.1 Å². The predicted octanol–water partition coefficient (Wildman–Crippen LogP) is 4.29. The third-order valence-electron chi connectivity index (χ3n) is 4.02. The van der Waals surface area contributed by atoms with Crippen LogP contribution in [0, 0.1) is 11.3 Å². The van der Waals surface area contributed by atoms with Crippen LogP contribution < -0.4 is 0 Å². The van der Waals surface area contributed by atoms with Crippen molar-refractivity contribution in [1.29, 1.82) is 0 Å². The van der Waals surface area contributed by atoms with E-state index >= 15 is 0 Å². The minimum atomic E-state index is -0.121. The van der Waals surface area contributed by atoms with Crippen molar-refractivity contribution in [1.82, 2.24) is 9.88 Å². The minimum absolute atomic E-state index is 0.121. The van der Waals surface area contributed by atoms with Crippen LogP contribution in [0.15, 0.2) is 12.1 Å². The van der Waals surface area contributed by atoms with Crippen LogP contribution in [0.25, 0.3) is 0 Å². The maximum Gasteiger partial charge on any atom is 0.274 e. The second-order valence-electron chi connectivity index (χ2n) is 6.40. The van der Waals surface area contributed by atoms with E-state index in [1.54, 1.807) is 12.1 Å². The van der Waals surface area contributed by atoms with Gasteiger partial charge in [0.05, 0.1) is 5.02 Å². The normalized spacial score (nSPS) is 17.4. The molecule has 2 rings (SSSR count). The first-order valence-corrected chi connectivity index (χ1v) is 7.66. The third-order valence-corrected chi connectivity index (χ3v) is 4.54. The zero-order valence-electron chi connectivity index (χ0n) is 12.1. The second kappa shape index (κ2) is 5.90. The molecule has 0 saturated carbocycles. The molecule has 1 aromatic rings.